The Morgan fingerprint density at radius 2 is 1.65 bits per heavy atom. The lowest BCUT2D eigenvalue weighted by Gasteiger charge is -2.29. The van der Waals surface area contributed by atoms with Gasteiger partial charge in [0.2, 0.25) is 11.8 Å². The summed E-state index contributed by atoms with van der Waals surface area (Å²) in [5, 5.41) is 0. The Kier molecular flexibility index (Phi) is 6.03. The molecule has 1 aliphatic rings. The van der Waals surface area contributed by atoms with Crippen LogP contribution in [0.4, 0.5) is 0 Å². The lowest BCUT2D eigenvalue weighted by molar-refractivity contribution is -0.136. The molecule has 0 aromatic rings. The highest BCUT2D eigenvalue weighted by molar-refractivity contribution is 5.89. The first kappa shape index (κ1) is 17.0. The van der Waals surface area contributed by atoms with Crippen LogP contribution in [-0.2, 0) is 9.59 Å². The average molecular weight is 282 g/mol. The van der Waals surface area contributed by atoms with Gasteiger partial charge in [-0.25, -0.2) is 0 Å². The van der Waals surface area contributed by atoms with E-state index in [1.165, 1.54) is 0 Å². The van der Waals surface area contributed by atoms with Crippen molar-refractivity contribution in [1.82, 2.24) is 9.80 Å². The molecule has 20 heavy (non-hydrogen) atoms. The van der Waals surface area contributed by atoms with Crippen molar-refractivity contribution < 1.29 is 9.59 Å². The molecule has 4 heteroatoms. The predicted molar refractivity (Wildman–Crippen MR) is 81.2 cm³/mol. The molecule has 1 rings (SSSR count). The summed E-state index contributed by atoms with van der Waals surface area (Å²) >= 11 is 0. The summed E-state index contributed by atoms with van der Waals surface area (Å²) in [5.41, 5.74) is 0. The molecule has 1 unspecified atom stereocenters. The summed E-state index contributed by atoms with van der Waals surface area (Å²) in [6, 6.07) is 0.184. The van der Waals surface area contributed by atoms with E-state index >= 15 is 0 Å². The van der Waals surface area contributed by atoms with Gasteiger partial charge in [0.25, 0.3) is 0 Å². The Morgan fingerprint density at radius 1 is 1.15 bits per heavy atom. The number of carbonyl (C=O) groups excluding carboxylic acids is 2. The van der Waals surface area contributed by atoms with E-state index in [0.29, 0.717) is 24.8 Å². The van der Waals surface area contributed by atoms with Crippen LogP contribution in [0.2, 0.25) is 0 Å². The largest absolute Gasteiger partial charge is 0.342 e. The van der Waals surface area contributed by atoms with Crippen LogP contribution in [0.15, 0.2) is 0 Å². The Labute approximate surface area is 123 Å². The summed E-state index contributed by atoms with van der Waals surface area (Å²) in [6.07, 6.45) is 0.379. The molecule has 116 valence electrons. The van der Waals surface area contributed by atoms with Gasteiger partial charge in [-0.2, -0.15) is 0 Å². The molecule has 0 aromatic carbocycles. The average Bonchev–Trinajstić information content (AvgIpc) is 2.68. The Morgan fingerprint density at radius 3 is 2.00 bits per heavy atom. The fraction of sp³-hybridized carbons (Fsp3) is 0.875. The monoisotopic (exact) mass is 282 g/mol. The first-order valence-corrected chi connectivity index (χ1v) is 7.80. The normalized spacial score (nSPS) is 19.6. The smallest absolute Gasteiger partial charge is 0.228 e. The zero-order valence-corrected chi connectivity index (χ0v) is 13.8. The maximum atomic E-state index is 12.7. The van der Waals surface area contributed by atoms with Crippen molar-refractivity contribution in [2.45, 2.75) is 54.0 Å². The summed E-state index contributed by atoms with van der Waals surface area (Å²) in [4.78, 5) is 28.4. The third-order valence-electron chi connectivity index (χ3n) is 3.61. The highest BCUT2D eigenvalue weighted by atomic mass is 16.2. The summed E-state index contributed by atoms with van der Waals surface area (Å²) in [7, 11) is 0. The molecule has 2 amide bonds. The first-order chi connectivity index (χ1) is 9.22. The molecular formula is C16H30N2O2. The highest BCUT2D eigenvalue weighted by Gasteiger charge is 2.37. The molecule has 0 saturated carbocycles. The van der Waals surface area contributed by atoms with Crippen molar-refractivity contribution in [1.29, 1.82) is 0 Å². The maximum absolute atomic E-state index is 12.7. The number of rotatable bonds is 6. The number of hydrogen-bond acceptors (Lipinski definition) is 2. The number of carbonyl (C=O) groups is 2. The van der Waals surface area contributed by atoms with Crippen LogP contribution in [0.3, 0.4) is 0 Å². The van der Waals surface area contributed by atoms with E-state index in [1.54, 1.807) is 0 Å². The van der Waals surface area contributed by atoms with E-state index < -0.39 is 0 Å². The first-order valence-electron chi connectivity index (χ1n) is 7.80. The van der Waals surface area contributed by atoms with E-state index in [9.17, 15) is 9.59 Å². The SMILES string of the molecule is CC(C)CN(CC(C)C)C(=O)C1CC(=O)N(C(C)C)C1. The van der Waals surface area contributed by atoms with Crippen molar-refractivity contribution in [3.8, 4) is 0 Å². The fourth-order valence-electron chi connectivity index (χ4n) is 2.79. The number of hydrogen-bond donors (Lipinski definition) is 0. The van der Waals surface area contributed by atoms with Gasteiger partial charge in [0.15, 0.2) is 0 Å². The quantitative estimate of drug-likeness (QED) is 0.750. The molecule has 0 aliphatic carbocycles. The molecular weight excluding hydrogens is 252 g/mol. The molecule has 1 atom stereocenters. The van der Waals surface area contributed by atoms with Gasteiger partial charge in [-0.15, -0.1) is 0 Å². The zero-order valence-electron chi connectivity index (χ0n) is 13.8. The van der Waals surface area contributed by atoms with E-state index in [-0.39, 0.29) is 23.8 Å². The molecule has 1 saturated heterocycles. The lowest BCUT2D eigenvalue weighted by atomic mass is 10.0. The van der Waals surface area contributed by atoms with Gasteiger partial charge in [-0.3, -0.25) is 9.59 Å². The fourth-order valence-corrected chi connectivity index (χ4v) is 2.79. The third-order valence-corrected chi connectivity index (χ3v) is 3.61. The molecule has 1 aliphatic heterocycles. The van der Waals surface area contributed by atoms with Crippen LogP contribution in [0.1, 0.15) is 48.0 Å². The van der Waals surface area contributed by atoms with E-state index in [0.717, 1.165) is 13.1 Å². The second-order valence-electron chi connectivity index (χ2n) is 7.07. The molecule has 4 nitrogen and oxygen atoms in total. The van der Waals surface area contributed by atoms with E-state index in [2.05, 4.69) is 27.7 Å². The Bertz CT molecular complexity index is 340. The lowest BCUT2D eigenvalue weighted by Crippen LogP contribution is -2.42. The third kappa shape index (κ3) is 4.50. The second kappa shape index (κ2) is 7.09. The van der Waals surface area contributed by atoms with Crippen LogP contribution in [-0.4, -0.2) is 47.3 Å². The van der Waals surface area contributed by atoms with Crippen molar-refractivity contribution in [3.05, 3.63) is 0 Å². The number of nitrogens with zero attached hydrogens (tertiary/aromatic N) is 2. The Hall–Kier alpha value is -1.06. The minimum atomic E-state index is -0.151. The summed E-state index contributed by atoms with van der Waals surface area (Å²) < 4.78 is 0. The van der Waals surface area contributed by atoms with Crippen LogP contribution in [0.25, 0.3) is 0 Å². The van der Waals surface area contributed by atoms with Crippen LogP contribution < -0.4 is 0 Å². The number of likely N-dealkylation sites (tertiary alicyclic amines) is 1. The Balaban J connectivity index is 2.72. The van der Waals surface area contributed by atoms with Crippen LogP contribution >= 0.6 is 0 Å². The minimum absolute atomic E-state index is 0.118. The van der Waals surface area contributed by atoms with E-state index in [4.69, 9.17) is 0 Å². The summed E-state index contributed by atoms with van der Waals surface area (Å²) in [5.74, 6) is 1.03. The highest BCUT2D eigenvalue weighted by Crippen LogP contribution is 2.23. The van der Waals surface area contributed by atoms with Crippen molar-refractivity contribution in [3.63, 3.8) is 0 Å². The minimum Gasteiger partial charge on any atom is -0.342 e. The maximum Gasteiger partial charge on any atom is 0.228 e. The topological polar surface area (TPSA) is 40.6 Å². The van der Waals surface area contributed by atoms with Crippen molar-refractivity contribution in [2.75, 3.05) is 19.6 Å². The molecule has 0 aromatic heterocycles. The molecule has 0 N–H and O–H groups in total. The van der Waals surface area contributed by atoms with Crippen LogP contribution in [0, 0.1) is 17.8 Å². The predicted octanol–water partition coefficient (Wildman–Crippen LogP) is 2.38. The molecule has 0 radical (unpaired) electrons. The zero-order chi connectivity index (χ0) is 15.4. The standard InChI is InChI=1S/C16H30N2O2/c1-11(2)8-17(9-12(3)4)16(20)14-7-15(19)18(10-14)13(5)6/h11-14H,7-10H2,1-6H3. The van der Waals surface area contributed by atoms with Gasteiger partial charge >= 0.3 is 0 Å². The van der Waals surface area contributed by atoms with E-state index in [1.807, 2.05) is 23.6 Å². The molecule has 1 fully saturated rings. The van der Waals surface area contributed by atoms with Gasteiger partial charge < -0.3 is 9.80 Å². The van der Waals surface area contributed by atoms with Crippen LogP contribution in [0.5, 0.6) is 0 Å². The van der Waals surface area contributed by atoms with Gasteiger partial charge in [-0.1, -0.05) is 27.7 Å². The van der Waals surface area contributed by atoms with Gasteiger partial charge in [0.1, 0.15) is 0 Å². The second-order valence-corrected chi connectivity index (χ2v) is 7.07. The van der Waals surface area contributed by atoms with Crippen molar-refractivity contribution in [2.24, 2.45) is 17.8 Å². The van der Waals surface area contributed by atoms with Gasteiger partial charge in [-0.05, 0) is 25.7 Å². The molecule has 0 bridgehead atoms. The van der Waals surface area contributed by atoms with Gasteiger partial charge in [0.05, 0.1) is 5.92 Å². The number of amides is 2. The molecule has 1 heterocycles. The summed E-state index contributed by atoms with van der Waals surface area (Å²) in [6.45, 7) is 14.7. The molecule has 0 spiro atoms. The van der Waals surface area contributed by atoms with Crippen molar-refractivity contribution >= 4 is 11.8 Å². The van der Waals surface area contributed by atoms with Gasteiger partial charge in [0, 0.05) is 32.1 Å².